The zero-order chi connectivity index (χ0) is 20.5. The Hall–Kier alpha value is -2.28. The van der Waals surface area contributed by atoms with Gasteiger partial charge in [0.05, 0.1) is 10.6 Å². The van der Waals surface area contributed by atoms with E-state index in [2.05, 4.69) is 25.6 Å². The van der Waals surface area contributed by atoms with Crippen molar-refractivity contribution in [3.05, 3.63) is 40.8 Å². The van der Waals surface area contributed by atoms with Gasteiger partial charge in [-0.1, -0.05) is 11.6 Å². The van der Waals surface area contributed by atoms with Crippen LogP contribution in [-0.4, -0.2) is 37.1 Å². The monoisotopic (exact) mass is 442 g/mol. The summed E-state index contributed by atoms with van der Waals surface area (Å²) in [6.45, 7) is 0.242. The van der Waals surface area contributed by atoms with Gasteiger partial charge in [-0.05, 0) is 18.2 Å². The largest absolute Gasteiger partial charge is 0.453 e. The molecule has 0 unspecified atom stereocenters. The summed E-state index contributed by atoms with van der Waals surface area (Å²) in [5.74, 6) is -0.780. The molecular weight excluding hydrogens is 434 g/mol. The van der Waals surface area contributed by atoms with Crippen LogP contribution < -0.4 is 5.32 Å². The number of pyridine rings is 1. The lowest BCUT2D eigenvalue weighted by Gasteiger charge is -2.09. The van der Waals surface area contributed by atoms with E-state index in [0.29, 0.717) is 16.5 Å². The third-order valence-electron chi connectivity index (χ3n) is 3.30. The first-order chi connectivity index (χ1) is 13.1. The summed E-state index contributed by atoms with van der Waals surface area (Å²) in [4.78, 5) is 3.68. The maximum atomic E-state index is 12.8. The number of nitrogens with one attached hydrogen (secondary N) is 1. The Labute approximate surface area is 162 Å². The second kappa shape index (κ2) is 7.62. The smallest absolute Gasteiger partial charge is 0.368 e. The SMILES string of the molecule is FC(F)(F)c1cnc(SCCNc2ccc3nnc(C(F)(F)F)n3n2)c(Cl)c1. The predicted molar refractivity (Wildman–Crippen MR) is 89.2 cm³/mol. The third kappa shape index (κ3) is 4.58. The molecule has 0 atom stereocenters. The van der Waals surface area contributed by atoms with Crippen molar-refractivity contribution in [2.75, 3.05) is 17.6 Å². The molecule has 0 spiro atoms. The number of hydrogen-bond acceptors (Lipinski definition) is 6. The lowest BCUT2D eigenvalue weighted by atomic mass is 10.3. The van der Waals surface area contributed by atoms with E-state index in [4.69, 9.17) is 11.6 Å². The average Bonchev–Trinajstić information content (AvgIpc) is 3.02. The van der Waals surface area contributed by atoms with Crippen molar-refractivity contribution >= 4 is 34.8 Å². The molecule has 3 aromatic heterocycles. The highest BCUT2D eigenvalue weighted by atomic mass is 35.5. The van der Waals surface area contributed by atoms with Gasteiger partial charge in [0.25, 0.3) is 5.82 Å². The number of thioether (sulfide) groups is 1. The molecule has 0 aliphatic rings. The summed E-state index contributed by atoms with van der Waals surface area (Å²) in [7, 11) is 0. The molecule has 14 heteroatoms. The lowest BCUT2D eigenvalue weighted by Crippen LogP contribution is -2.14. The summed E-state index contributed by atoms with van der Waals surface area (Å²) in [5, 5.41) is 13.1. The molecule has 0 aromatic carbocycles. The normalized spacial score (nSPS) is 12.5. The number of alkyl halides is 6. The molecule has 0 bridgehead atoms. The minimum atomic E-state index is -4.70. The molecule has 0 saturated heterocycles. The number of rotatable bonds is 5. The van der Waals surface area contributed by atoms with Crippen molar-refractivity contribution in [1.29, 1.82) is 0 Å². The van der Waals surface area contributed by atoms with Crippen molar-refractivity contribution in [3.8, 4) is 0 Å². The summed E-state index contributed by atoms with van der Waals surface area (Å²) < 4.78 is 76.8. The molecule has 3 heterocycles. The van der Waals surface area contributed by atoms with Gasteiger partial charge in [0.1, 0.15) is 10.8 Å². The Morgan fingerprint density at radius 3 is 2.46 bits per heavy atom. The fourth-order valence-corrected chi connectivity index (χ4v) is 3.12. The standard InChI is InChI=1S/C14H9ClF6N6S/c15-8-5-7(13(16,17)18)6-23-11(8)28-4-3-22-9-1-2-10-24-25-12(14(19,20)21)27(10)26-9/h1-2,5-6H,3-4H2,(H,22,26). The van der Waals surface area contributed by atoms with Gasteiger partial charge in [-0.2, -0.15) is 30.9 Å². The maximum absolute atomic E-state index is 12.8. The molecule has 3 rings (SSSR count). The molecule has 150 valence electrons. The predicted octanol–water partition coefficient (Wildman–Crippen LogP) is 4.41. The molecule has 0 amide bonds. The quantitative estimate of drug-likeness (QED) is 0.358. The first kappa shape index (κ1) is 20.5. The molecule has 0 aliphatic carbocycles. The third-order valence-corrected chi connectivity index (χ3v) is 4.71. The van der Waals surface area contributed by atoms with E-state index in [1.54, 1.807) is 0 Å². The second-order valence-corrected chi connectivity index (χ2v) is 6.78. The van der Waals surface area contributed by atoms with Crippen LogP contribution in [0.1, 0.15) is 11.4 Å². The first-order valence-corrected chi connectivity index (χ1v) is 8.81. The van der Waals surface area contributed by atoms with E-state index in [1.165, 1.54) is 12.1 Å². The van der Waals surface area contributed by atoms with Gasteiger partial charge < -0.3 is 5.32 Å². The highest BCUT2D eigenvalue weighted by molar-refractivity contribution is 7.99. The highest BCUT2D eigenvalue weighted by Gasteiger charge is 2.37. The molecule has 0 aliphatic heterocycles. The van der Waals surface area contributed by atoms with Crippen LogP contribution in [0.25, 0.3) is 5.65 Å². The first-order valence-electron chi connectivity index (χ1n) is 7.45. The molecule has 0 fully saturated rings. The molecular formula is C14H9ClF6N6S. The summed E-state index contributed by atoms with van der Waals surface area (Å²) >= 11 is 6.89. The Balaban J connectivity index is 1.61. The van der Waals surface area contributed by atoms with Crippen LogP contribution in [0.15, 0.2) is 29.4 Å². The highest BCUT2D eigenvalue weighted by Crippen LogP contribution is 2.33. The fraction of sp³-hybridized carbons (Fsp3) is 0.286. The topological polar surface area (TPSA) is 68.0 Å². The van der Waals surface area contributed by atoms with E-state index in [0.717, 1.165) is 17.8 Å². The summed E-state index contributed by atoms with van der Waals surface area (Å²) in [6, 6.07) is 3.53. The van der Waals surface area contributed by atoms with E-state index >= 15 is 0 Å². The maximum Gasteiger partial charge on any atom is 0.453 e. The van der Waals surface area contributed by atoms with E-state index < -0.39 is 23.7 Å². The van der Waals surface area contributed by atoms with Crippen LogP contribution in [0.5, 0.6) is 0 Å². The molecule has 0 saturated carbocycles. The van der Waals surface area contributed by atoms with Gasteiger partial charge in [-0.3, -0.25) is 0 Å². The molecule has 0 radical (unpaired) electrons. The Kier molecular flexibility index (Phi) is 5.57. The fourth-order valence-electron chi connectivity index (χ4n) is 2.07. The lowest BCUT2D eigenvalue weighted by molar-refractivity contribution is -0.146. The Morgan fingerprint density at radius 1 is 1.07 bits per heavy atom. The number of nitrogens with zero attached hydrogens (tertiary/aromatic N) is 5. The van der Waals surface area contributed by atoms with Crippen molar-refractivity contribution < 1.29 is 26.3 Å². The van der Waals surface area contributed by atoms with Crippen LogP contribution in [0.3, 0.4) is 0 Å². The van der Waals surface area contributed by atoms with Crippen LogP contribution in [0.4, 0.5) is 32.2 Å². The van der Waals surface area contributed by atoms with E-state index in [-0.39, 0.29) is 28.1 Å². The minimum absolute atomic E-state index is 0.0620. The van der Waals surface area contributed by atoms with Gasteiger partial charge in [0.15, 0.2) is 5.65 Å². The molecule has 3 aromatic rings. The van der Waals surface area contributed by atoms with Crippen LogP contribution in [-0.2, 0) is 12.4 Å². The number of hydrogen-bond donors (Lipinski definition) is 1. The van der Waals surface area contributed by atoms with Gasteiger partial charge in [0.2, 0.25) is 0 Å². The van der Waals surface area contributed by atoms with Crippen molar-refractivity contribution in [3.63, 3.8) is 0 Å². The summed E-state index contributed by atoms with van der Waals surface area (Å²) in [5.41, 5.74) is -1.01. The number of halogens is 7. The van der Waals surface area contributed by atoms with Gasteiger partial charge >= 0.3 is 12.4 Å². The number of aromatic nitrogens is 5. The van der Waals surface area contributed by atoms with Crippen molar-refractivity contribution in [1.82, 2.24) is 24.8 Å². The summed E-state index contributed by atoms with van der Waals surface area (Å²) in [6.07, 6.45) is -8.56. The number of anilines is 1. The van der Waals surface area contributed by atoms with Gasteiger partial charge in [-0.25, -0.2) is 4.98 Å². The van der Waals surface area contributed by atoms with Crippen molar-refractivity contribution in [2.45, 2.75) is 17.4 Å². The Bertz CT molecular complexity index is 989. The zero-order valence-corrected chi connectivity index (χ0v) is 15.1. The molecule has 6 nitrogen and oxygen atoms in total. The van der Waals surface area contributed by atoms with E-state index in [9.17, 15) is 26.3 Å². The van der Waals surface area contributed by atoms with Crippen LogP contribution >= 0.6 is 23.4 Å². The molecule has 28 heavy (non-hydrogen) atoms. The van der Waals surface area contributed by atoms with Crippen LogP contribution in [0.2, 0.25) is 5.02 Å². The molecule has 1 N–H and O–H groups in total. The Morgan fingerprint density at radius 2 is 1.82 bits per heavy atom. The van der Waals surface area contributed by atoms with Gasteiger partial charge in [-0.15, -0.1) is 27.1 Å². The second-order valence-electron chi connectivity index (χ2n) is 5.29. The van der Waals surface area contributed by atoms with Crippen molar-refractivity contribution in [2.24, 2.45) is 0 Å². The average molecular weight is 443 g/mol. The number of fused-ring (bicyclic) bond motifs is 1. The van der Waals surface area contributed by atoms with Crippen LogP contribution in [0, 0.1) is 0 Å². The zero-order valence-electron chi connectivity index (χ0n) is 13.5. The minimum Gasteiger partial charge on any atom is -0.368 e. The van der Waals surface area contributed by atoms with E-state index in [1.807, 2.05) is 0 Å². The van der Waals surface area contributed by atoms with Gasteiger partial charge in [0, 0.05) is 18.5 Å².